The first-order valence-corrected chi connectivity index (χ1v) is 28.9. The van der Waals surface area contributed by atoms with Crippen molar-refractivity contribution in [2.45, 2.75) is 85.3 Å². The van der Waals surface area contributed by atoms with E-state index in [1.807, 2.05) is 108 Å². The highest BCUT2D eigenvalue weighted by molar-refractivity contribution is 7.00. The van der Waals surface area contributed by atoms with Gasteiger partial charge < -0.3 is 14.7 Å². The van der Waals surface area contributed by atoms with E-state index in [2.05, 4.69) is 174 Å². The summed E-state index contributed by atoms with van der Waals surface area (Å²) in [5.74, 6) is 0. The van der Waals surface area contributed by atoms with Gasteiger partial charge in [-0.3, -0.25) is 0 Å². The first-order chi connectivity index (χ1) is 43.7. The standard InChI is InChI=1S/C79H68BN3/c1-49-41-74-76-75(42-49)83(58-35-38-63-61-26-18-20-28-65(61)79(9,10)67(63)47-58)73-48-59(81(70-43-54(31-29-50(70)2)52-21-13-11-14-22-52)71-44-55(32-30-51(71)3)53-23-15-12-16-24-53)36-40-69(73)80(76)68-39-33-56(77(4,5)6)45-72(68)82(74)57-34-37-62-60-25-17-19-27-64(60)78(7,8)66(62)46-57/h11-48H,1-10H3/i1D3,2D3,3D3. The van der Waals surface area contributed by atoms with Gasteiger partial charge in [0, 0.05) is 74.4 Å². The molecule has 2 aliphatic heterocycles. The molecule has 15 rings (SSSR count). The first kappa shape index (κ1) is 41.8. The van der Waals surface area contributed by atoms with Crippen LogP contribution in [0.15, 0.2) is 231 Å². The molecule has 4 heteroatoms. The van der Waals surface area contributed by atoms with Crippen LogP contribution in [0.2, 0.25) is 0 Å². The second-order valence-corrected chi connectivity index (χ2v) is 25.1. The summed E-state index contributed by atoms with van der Waals surface area (Å²) in [6.45, 7) is 7.34. The van der Waals surface area contributed by atoms with Crippen molar-refractivity contribution in [3.63, 3.8) is 0 Å². The van der Waals surface area contributed by atoms with Crippen LogP contribution in [-0.4, -0.2) is 6.71 Å². The van der Waals surface area contributed by atoms with Gasteiger partial charge in [0.25, 0.3) is 6.71 Å². The van der Waals surface area contributed by atoms with E-state index in [-0.39, 0.29) is 38.9 Å². The Morgan fingerprint density at radius 1 is 0.398 bits per heavy atom. The summed E-state index contributed by atoms with van der Waals surface area (Å²) in [4.78, 5) is 6.36. The molecule has 0 unspecified atom stereocenters. The van der Waals surface area contributed by atoms with Crippen LogP contribution >= 0.6 is 0 Å². The van der Waals surface area contributed by atoms with Crippen LogP contribution in [0.5, 0.6) is 0 Å². The summed E-state index contributed by atoms with van der Waals surface area (Å²) >= 11 is 0. The maximum atomic E-state index is 9.41. The molecule has 0 saturated heterocycles. The van der Waals surface area contributed by atoms with Gasteiger partial charge in [-0.1, -0.05) is 212 Å². The number of aryl methyl sites for hydroxylation is 3. The van der Waals surface area contributed by atoms with Gasteiger partial charge in [0.1, 0.15) is 0 Å². The molecule has 2 heterocycles. The van der Waals surface area contributed by atoms with Gasteiger partial charge >= 0.3 is 0 Å². The smallest absolute Gasteiger partial charge is 0.252 e. The second kappa shape index (κ2) is 18.4. The molecule has 0 atom stereocenters. The predicted molar refractivity (Wildman–Crippen MR) is 354 cm³/mol. The Balaban J connectivity index is 1.06. The zero-order valence-corrected chi connectivity index (χ0v) is 47.9. The molecule has 402 valence electrons. The topological polar surface area (TPSA) is 9.72 Å². The van der Waals surface area contributed by atoms with Crippen molar-refractivity contribution in [3.05, 3.63) is 275 Å². The molecule has 83 heavy (non-hydrogen) atoms. The molecular formula is C79H68BN3. The van der Waals surface area contributed by atoms with Crippen LogP contribution in [0.4, 0.5) is 51.2 Å². The Morgan fingerprint density at radius 3 is 1.36 bits per heavy atom. The van der Waals surface area contributed by atoms with Crippen LogP contribution in [0.3, 0.4) is 0 Å². The normalized spacial score (nSPS) is 16.6. The molecule has 11 aromatic rings. The largest absolute Gasteiger partial charge is 0.311 e. The molecule has 11 aromatic carbocycles. The van der Waals surface area contributed by atoms with Crippen LogP contribution < -0.4 is 31.1 Å². The molecular weight excluding hydrogens is 1000 g/mol. The third kappa shape index (κ3) is 7.79. The van der Waals surface area contributed by atoms with Crippen molar-refractivity contribution in [2.75, 3.05) is 14.7 Å². The number of nitrogens with zero attached hydrogens (tertiary/aromatic N) is 3. The molecule has 0 aromatic heterocycles. The minimum absolute atomic E-state index is 0.0286. The van der Waals surface area contributed by atoms with Gasteiger partial charge in [0.15, 0.2) is 0 Å². The average molecular weight is 1080 g/mol. The van der Waals surface area contributed by atoms with Crippen molar-refractivity contribution >= 4 is 74.3 Å². The lowest BCUT2D eigenvalue weighted by molar-refractivity contribution is 0.590. The Morgan fingerprint density at radius 2 is 0.867 bits per heavy atom. The van der Waals surface area contributed by atoms with Gasteiger partial charge in [-0.15, -0.1) is 0 Å². The van der Waals surface area contributed by atoms with Crippen LogP contribution in [-0.2, 0) is 16.2 Å². The van der Waals surface area contributed by atoms with Gasteiger partial charge in [-0.05, 0) is 198 Å². The van der Waals surface area contributed by atoms with E-state index >= 15 is 0 Å². The zero-order chi connectivity index (χ0) is 64.3. The Bertz CT molecular complexity index is 4740. The Hall–Kier alpha value is -9.12. The summed E-state index contributed by atoms with van der Waals surface area (Å²) in [7, 11) is 0. The van der Waals surface area contributed by atoms with E-state index in [1.165, 1.54) is 27.8 Å². The Labute approximate surface area is 503 Å². The number of fused-ring (bicyclic) bond motifs is 10. The fourth-order valence-electron chi connectivity index (χ4n) is 14.3. The monoisotopic (exact) mass is 1080 g/mol. The minimum atomic E-state index is -2.67. The quantitative estimate of drug-likeness (QED) is 0.147. The number of anilines is 9. The van der Waals surface area contributed by atoms with Crippen molar-refractivity contribution in [2.24, 2.45) is 0 Å². The van der Waals surface area contributed by atoms with Crippen molar-refractivity contribution in [1.82, 2.24) is 0 Å². The van der Waals surface area contributed by atoms with Gasteiger partial charge in [-0.25, -0.2) is 0 Å². The van der Waals surface area contributed by atoms with Crippen molar-refractivity contribution in [3.8, 4) is 44.5 Å². The number of hydrogen-bond donors (Lipinski definition) is 0. The van der Waals surface area contributed by atoms with E-state index < -0.39 is 32.7 Å². The molecule has 0 saturated carbocycles. The second-order valence-electron chi connectivity index (χ2n) is 25.1. The molecule has 3 nitrogen and oxygen atoms in total. The van der Waals surface area contributed by atoms with E-state index in [9.17, 15) is 12.3 Å². The molecule has 2 aliphatic carbocycles. The molecule has 0 amide bonds. The van der Waals surface area contributed by atoms with Crippen LogP contribution in [0.1, 0.15) is 105 Å². The zero-order valence-electron chi connectivity index (χ0n) is 56.9. The van der Waals surface area contributed by atoms with Gasteiger partial charge in [-0.2, -0.15) is 0 Å². The highest BCUT2D eigenvalue weighted by Gasteiger charge is 2.46. The summed E-state index contributed by atoms with van der Waals surface area (Å²) in [6, 6.07) is 77.5. The maximum Gasteiger partial charge on any atom is 0.252 e. The van der Waals surface area contributed by atoms with E-state index in [0.717, 1.165) is 83.6 Å². The predicted octanol–water partition coefficient (Wildman–Crippen LogP) is 19.4. The summed E-state index contributed by atoms with van der Waals surface area (Å²) in [5, 5.41) is 0. The van der Waals surface area contributed by atoms with E-state index in [1.54, 1.807) is 12.1 Å². The molecule has 0 fully saturated rings. The van der Waals surface area contributed by atoms with Crippen molar-refractivity contribution in [1.29, 1.82) is 0 Å². The lowest BCUT2D eigenvalue weighted by Gasteiger charge is -2.45. The molecule has 4 aliphatic rings. The van der Waals surface area contributed by atoms with Crippen LogP contribution in [0.25, 0.3) is 44.5 Å². The van der Waals surface area contributed by atoms with Gasteiger partial charge in [0.2, 0.25) is 0 Å². The third-order valence-electron chi connectivity index (χ3n) is 18.5. The number of hydrogen-bond acceptors (Lipinski definition) is 3. The number of rotatable bonds is 7. The molecule has 0 spiro atoms. The lowest BCUT2D eigenvalue weighted by atomic mass is 9.33. The van der Waals surface area contributed by atoms with Crippen LogP contribution in [0, 0.1) is 20.6 Å². The number of benzene rings is 11. The summed E-state index contributed by atoms with van der Waals surface area (Å²) < 4.78 is 83.7. The highest BCUT2D eigenvalue weighted by atomic mass is 15.2. The van der Waals surface area contributed by atoms with Gasteiger partial charge in [0.05, 0.1) is 0 Å². The fourth-order valence-corrected chi connectivity index (χ4v) is 14.3. The third-order valence-corrected chi connectivity index (χ3v) is 18.5. The van der Waals surface area contributed by atoms with E-state index in [0.29, 0.717) is 17.1 Å². The fraction of sp³-hybridized carbons (Fsp3) is 0.165. The minimum Gasteiger partial charge on any atom is -0.311 e. The molecule has 0 radical (unpaired) electrons. The van der Waals surface area contributed by atoms with E-state index in [4.69, 9.17) is 0 Å². The SMILES string of the molecule is [2H]C([2H])([2H])c1cc2c3c(c1)N(c1ccc4c(c1)C(C)(C)c1ccccc1-4)c1cc(C(C)(C)C)ccc1B3c1ccc(N(c3cc(-c4ccccc4)ccc3C([2H])([2H])[2H])c3cc(-c4ccccc4)ccc3C([2H])([2H])[2H])cc1N2c1ccc2c(c1)C(C)(C)c1ccccc1-2. The highest BCUT2D eigenvalue weighted by Crippen LogP contribution is 2.55. The Kier molecular flexibility index (Phi) is 9.29. The summed E-state index contributed by atoms with van der Waals surface area (Å²) in [6.07, 6.45) is 0. The molecule has 0 bridgehead atoms. The lowest BCUT2D eigenvalue weighted by Crippen LogP contribution is -2.61. The summed E-state index contributed by atoms with van der Waals surface area (Å²) in [5.41, 5.74) is 21.6. The molecule has 0 N–H and O–H groups in total. The maximum absolute atomic E-state index is 9.41. The average Bonchev–Trinajstić information content (AvgIpc) is 0.704. The van der Waals surface area contributed by atoms with Crippen molar-refractivity contribution < 1.29 is 12.3 Å². The first-order valence-electron chi connectivity index (χ1n) is 33.4.